The minimum Gasteiger partial charge on any atom is -0.459 e. The van der Waals surface area contributed by atoms with Gasteiger partial charge < -0.3 is 25.0 Å². The van der Waals surface area contributed by atoms with Crippen molar-refractivity contribution < 1.29 is 20.1 Å². The van der Waals surface area contributed by atoms with Crippen molar-refractivity contribution in [1.82, 2.24) is 4.90 Å². The molecule has 6 nitrogen and oxygen atoms in total. The number of hydrogen-bond acceptors (Lipinski definition) is 6. The number of fused-ring (bicyclic) bond motifs is 1. The van der Waals surface area contributed by atoms with Crippen molar-refractivity contribution in [2.45, 2.75) is 37.2 Å². The van der Waals surface area contributed by atoms with Gasteiger partial charge in [-0.2, -0.15) is 0 Å². The number of hydrogen-bond donors (Lipinski definition) is 3. The number of aliphatic imine (C=N–C) groups is 1. The first-order valence-corrected chi connectivity index (χ1v) is 6.17. The smallest absolute Gasteiger partial charge is 0.288 e. The molecule has 3 rings (SSSR count). The van der Waals surface area contributed by atoms with Crippen molar-refractivity contribution >= 4 is 6.02 Å². The fraction of sp³-hybridized carbons (Fsp3) is 0.909. The van der Waals surface area contributed by atoms with E-state index in [9.17, 15) is 10.2 Å². The van der Waals surface area contributed by atoms with E-state index in [2.05, 4.69) is 4.99 Å². The highest BCUT2D eigenvalue weighted by molar-refractivity contribution is 5.76. The fourth-order valence-electron chi connectivity index (χ4n) is 2.69. The van der Waals surface area contributed by atoms with Crippen LogP contribution in [0.2, 0.25) is 0 Å². The van der Waals surface area contributed by atoms with Gasteiger partial charge in [0.1, 0.15) is 18.2 Å². The lowest BCUT2D eigenvalue weighted by atomic mass is 9.80. The summed E-state index contributed by atoms with van der Waals surface area (Å²) in [5.41, 5.74) is 0. The van der Waals surface area contributed by atoms with Crippen molar-refractivity contribution in [2.75, 3.05) is 19.7 Å². The molecular formula is C11H18N2O4. The molecule has 3 aliphatic rings. The minimum atomic E-state index is -0.940. The molecule has 1 aliphatic carbocycles. The monoisotopic (exact) mass is 242 g/mol. The molecule has 96 valence electrons. The highest BCUT2D eigenvalue weighted by Gasteiger charge is 2.48. The number of rotatable bonds is 1. The number of likely N-dealkylation sites (tertiary alicyclic amines) is 1. The van der Waals surface area contributed by atoms with Crippen LogP contribution >= 0.6 is 0 Å². The summed E-state index contributed by atoms with van der Waals surface area (Å²) in [7, 11) is 0. The zero-order chi connectivity index (χ0) is 12.0. The Morgan fingerprint density at radius 3 is 2.65 bits per heavy atom. The summed E-state index contributed by atoms with van der Waals surface area (Å²) in [4.78, 5) is 6.39. The number of aliphatic hydroxyl groups excluding tert-OH is 3. The van der Waals surface area contributed by atoms with E-state index in [1.165, 1.54) is 0 Å². The molecule has 1 saturated carbocycles. The first-order valence-electron chi connectivity index (χ1n) is 6.17. The molecule has 2 aliphatic heterocycles. The molecule has 1 saturated heterocycles. The lowest BCUT2D eigenvalue weighted by molar-refractivity contribution is -0.0957. The Labute approximate surface area is 99.5 Å². The predicted octanol–water partition coefficient (Wildman–Crippen LogP) is -1.45. The van der Waals surface area contributed by atoms with Gasteiger partial charge in [-0.3, -0.25) is 0 Å². The highest BCUT2D eigenvalue weighted by Crippen LogP contribution is 2.34. The van der Waals surface area contributed by atoms with E-state index in [4.69, 9.17) is 9.84 Å². The van der Waals surface area contributed by atoms with Crippen molar-refractivity contribution in [2.24, 2.45) is 10.9 Å². The van der Waals surface area contributed by atoms with Crippen LogP contribution in [-0.4, -0.2) is 70.3 Å². The second kappa shape index (κ2) is 4.12. The van der Waals surface area contributed by atoms with E-state index in [0.29, 0.717) is 12.4 Å². The van der Waals surface area contributed by atoms with Gasteiger partial charge >= 0.3 is 0 Å². The van der Waals surface area contributed by atoms with Gasteiger partial charge in [0.15, 0.2) is 0 Å². The maximum atomic E-state index is 9.97. The summed E-state index contributed by atoms with van der Waals surface area (Å²) in [6.07, 6.45) is -0.377. The molecule has 0 aromatic carbocycles. The fourth-order valence-corrected chi connectivity index (χ4v) is 2.69. The number of nitrogens with zero attached hydrogens (tertiary/aromatic N) is 2. The van der Waals surface area contributed by atoms with E-state index in [1.54, 1.807) is 0 Å². The second-order valence-electron chi connectivity index (χ2n) is 5.06. The Morgan fingerprint density at radius 2 is 2.06 bits per heavy atom. The third-order valence-corrected chi connectivity index (χ3v) is 3.98. The van der Waals surface area contributed by atoms with Crippen LogP contribution in [0.25, 0.3) is 0 Å². The molecule has 0 aromatic heterocycles. The number of aliphatic hydroxyl groups is 3. The Morgan fingerprint density at radius 1 is 1.29 bits per heavy atom. The summed E-state index contributed by atoms with van der Waals surface area (Å²) in [5, 5.41) is 29.0. The maximum Gasteiger partial charge on any atom is 0.288 e. The van der Waals surface area contributed by atoms with Crippen LogP contribution in [0.3, 0.4) is 0 Å². The lowest BCUT2D eigenvalue weighted by Gasteiger charge is -2.37. The quantitative estimate of drug-likeness (QED) is 0.524. The molecule has 0 aromatic rings. The van der Waals surface area contributed by atoms with Gasteiger partial charge in [-0.25, -0.2) is 4.99 Å². The third-order valence-electron chi connectivity index (χ3n) is 3.98. The van der Waals surface area contributed by atoms with Crippen LogP contribution in [0.4, 0.5) is 0 Å². The van der Waals surface area contributed by atoms with Gasteiger partial charge in [-0.15, -0.1) is 0 Å². The SMILES string of the molecule is OC[C@H]1C[C@H]2OC(N3CCC3)=N[C@H]2[C@@H](O)[C@@H]1O. The van der Waals surface area contributed by atoms with Crippen molar-refractivity contribution in [3.8, 4) is 0 Å². The molecule has 0 spiro atoms. The molecule has 17 heavy (non-hydrogen) atoms. The van der Waals surface area contributed by atoms with Gasteiger partial charge in [-0.05, 0) is 12.8 Å². The summed E-state index contributed by atoms with van der Waals surface area (Å²) in [6.45, 7) is 1.75. The van der Waals surface area contributed by atoms with Gasteiger partial charge in [0.05, 0.1) is 6.10 Å². The van der Waals surface area contributed by atoms with Crippen molar-refractivity contribution in [3.05, 3.63) is 0 Å². The molecule has 3 N–H and O–H groups in total. The summed E-state index contributed by atoms with van der Waals surface area (Å²) in [6, 6.07) is 0.208. The lowest BCUT2D eigenvalue weighted by Crippen LogP contribution is -2.52. The summed E-state index contributed by atoms with van der Waals surface area (Å²) < 4.78 is 5.71. The Kier molecular flexibility index (Phi) is 2.72. The van der Waals surface area contributed by atoms with E-state index in [1.807, 2.05) is 4.90 Å². The minimum absolute atomic E-state index is 0.135. The van der Waals surface area contributed by atoms with Crippen LogP contribution in [0.15, 0.2) is 4.99 Å². The standard InChI is InChI=1S/C11H18N2O4/c14-5-6-4-7-8(10(16)9(6)15)12-11(17-7)13-2-1-3-13/h6-10,14-16H,1-5H2/t6-,7-,8-,9-,10-/m1/s1. The highest BCUT2D eigenvalue weighted by atomic mass is 16.5. The normalized spacial score (nSPS) is 44.8. The zero-order valence-corrected chi connectivity index (χ0v) is 9.57. The van der Waals surface area contributed by atoms with Gasteiger partial charge in [0.25, 0.3) is 6.02 Å². The van der Waals surface area contributed by atoms with Crippen LogP contribution in [0.1, 0.15) is 12.8 Å². The third kappa shape index (κ3) is 1.71. The van der Waals surface area contributed by atoms with Crippen LogP contribution in [0.5, 0.6) is 0 Å². The Hall–Kier alpha value is -0.850. The van der Waals surface area contributed by atoms with Crippen molar-refractivity contribution in [1.29, 1.82) is 0 Å². The summed E-state index contributed by atoms with van der Waals surface area (Å²) >= 11 is 0. The molecule has 0 bridgehead atoms. The molecule has 6 heteroatoms. The molecular weight excluding hydrogens is 224 g/mol. The number of amidine groups is 1. The zero-order valence-electron chi connectivity index (χ0n) is 9.57. The molecule has 0 unspecified atom stereocenters. The van der Waals surface area contributed by atoms with E-state index < -0.39 is 12.2 Å². The molecule has 2 fully saturated rings. The Balaban J connectivity index is 1.74. The topological polar surface area (TPSA) is 85.5 Å². The average molecular weight is 242 g/mol. The summed E-state index contributed by atoms with van der Waals surface area (Å²) in [5.74, 6) is -0.322. The van der Waals surface area contributed by atoms with Crippen LogP contribution < -0.4 is 0 Å². The van der Waals surface area contributed by atoms with Crippen LogP contribution in [-0.2, 0) is 4.74 Å². The molecule has 2 heterocycles. The predicted molar refractivity (Wildman–Crippen MR) is 59.5 cm³/mol. The first-order chi connectivity index (χ1) is 8.20. The second-order valence-corrected chi connectivity index (χ2v) is 5.06. The van der Waals surface area contributed by atoms with E-state index in [0.717, 1.165) is 19.5 Å². The van der Waals surface area contributed by atoms with Crippen LogP contribution in [0, 0.1) is 5.92 Å². The molecule has 0 amide bonds. The maximum absolute atomic E-state index is 9.97. The number of ether oxygens (including phenoxy) is 1. The first kappa shape index (κ1) is 11.3. The Bertz CT molecular complexity index is 331. The molecule has 5 atom stereocenters. The van der Waals surface area contributed by atoms with Gasteiger partial charge in [-0.1, -0.05) is 0 Å². The molecule has 0 radical (unpaired) electrons. The van der Waals surface area contributed by atoms with Crippen molar-refractivity contribution in [3.63, 3.8) is 0 Å². The largest absolute Gasteiger partial charge is 0.459 e. The van der Waals surface area contributed by atoms with Gasteiger partial charge in [0.2, 0.25) is 0 Å². The van der Waals surface area contributed by atoms with E-state index >= 15 is 0 Å². The van der Waals surface area contributed by atoms with E-state index in [-0.39, 0.29) is 24.7 Å². The van der Waals surface area contributed by atoms with Gasteiger partial charge in [0, 0.05) is 25.6 Å². The average Bonchev–Trinajstić information content (AvgIpc) is 2.64.